The lowest BCUT2D eigenvalue weighted by molar-refractivity contribution is -0.166. The Morgan fingerprint density at radius 2 is 1.77 bits per heavy atom. The largest absolute Gasteiger partial charge is 0.494 e. The van der Waals surface area contributed by atoms with Crippen LogP contribution in [0.2, 0.25) is 0 Å². The molecule has 3 rings (SSSR count). The lowest BCUT2D eigenvalue weighted by Crippen LogP contribution is -2.51. The van der Waals surface area contributed by atoms with Gasteiger partial charge in [-0.05, 0) is 52.0 Å². The number of amides is 2. The van der Waals surface area contributed by atoms with Crippen LogP contribution in [-0.4, -0.2) is 67.2 Å². The minimum absolute atomic E-state index is 0.0595. The van der Waals surface area contributed by atoms with Gasteiger partial charge in [0.2, 0.25) is 5.91 Å². The van der Waals surface area contributed by atoms with Gasteiger partial charge in [0, 0.05) is 31.7 Å². The van der Waals surface area contributed by atoms with E-state index in [0.717, 1.165) is 5.75 Å². The molecule has 8 heteroatoms. The summed E-state index contributed by atoms with van der Waals surface area (Å²) in [4.78, 5) is 41.0. The Balaban J connectivity index is 1.56. The Morgan fingerprint density at radius 1 is 1.13 bits per heavy atom. The number of anilines is 1. The number of hydrogen-bond acceptors (Lipinski definition) is 6. The molecular weight excluding hydrogens is 388 g/mol. The van der Waals surface area contributed by atoms with Gasteiger partial charge in [0.1, 0.15) is 5.75 Å². The molecule has 0 saturated carbocycles. The van der Waals surface area contributed by atoms with Crippen molar-refractivity contribution >= 4 is 23.5 Å². The zero-order valence-corrected chi connectivity index (χ0v) is 18.0. The van der Waals surface area contributed by atoms with Gasteiger partial charge in [0.15, 0.2) is 6.10 Å². The number of carbonyl (C=O) groups is 3. The highest BCUT2D eigenvalue weighted by atomic mass is 16.5. The van der Waals surface area contributed by atoms with E-state index < -0.39 is 18.0 Å². The molecule has 30 heavy (non-hydrogen) atoms. The lowest BCUT2D eigenvalue weighted by Gasteiger charge is -2.36. The van der Waals surface area contributed by atoms with E-state index in [2.05, 4.69) is 0 Å². The highest BCUT2D eigenvalue weighted by Crippen LogP contribution is 2.28. The Kier molecular flexibility index (Phi) is 6.97. The first-order valence-corrected chi connectivity index (χ1v) is 10.5. The number of nitrogens with zero attached hydrogens (tertiary/aromatic N) is 2. The zero-order chi connectivity index (χ0) is 21.8. The van der Waals surface area contributed by atoms with E-state index in [1.54, 1.807) is 41.0 Å². The van der Waals surface area contributed by atoms with Crippen LogP contribution in [-0.2, 0) is 23.9 Å². The fourth-order valence-electron chi connectivity index (χ4n) is 3.94. The highest BCUT2D eigenvalue weighted by molar-refractivity contribution is 5.99. The fourth-order valence-corrected chi connectivity index (χ4v) is 3.94. The molecule has 2 fully saturated rings. The maximum absolute atomic E-state index is 12.7. The molecule has 0 unspecified atom stereocenters. The van der Waals surface area contributed by atoms with Crippen molar-refractivity contribution < 1.29 is 28.6 Å². The molecule has 0 radical (unpaired) electrons. The minimum Gasteiger partial charge on any atom is -0.494 e. The Hall–Kier alpha value is -2.61. The van der Waals surface area contributed by atoms with Crippen molar-refractivity contribution in [1.29, 1.82) is 0 Å². The van der Waals surface area contributed by atoms with Gasteiger partial charge in [-0.15, -0.1) is 0 Å². The second-order valence-corrected chi connectivity index (χ2v) is 7.91. The van der Waals surface area contributed by atoms with E-state index in [-0.39, 0.29) is 37.0 Å². The normalized spacial score (nSPS) is 25.2. The number of rotatable bonds is 6. The van der Waals surface area contributed by atoms with Crippen LogP contribution in [0.25, 0.3) is 0 Å². The summed E-state index contributed by atoms with van der Waals surface area (Å²) < 4.78 is 16.5. The molecule has 1 aromatic rings. The summed E-state index contributed by atoms with van der Waals surface area (Å²) in [5.74, 6) is -0.772. The number of ether oxygens (including phenoxy) is 3. The Bertz CT molecular complexity index is 770. The molecular formula is C22H30N2O6. The lowest BCUT2D eigenvalue weighted by atomic mass is 10.1. The second-order valence-electron chi connectivity index (χ2n) is 7.91. The number of hydrogen-bond donors (Lipinski definition) is 0. The molecule has 0 spiro atoms. The van der Waals surface area contributed by atoms with Crippen LogP contribution in [0.1, 0.15) is 34.1 Å². The summed E-state index contributed by atoms with van der Waals surface area (Å²) in [6, 6.07) is 7.18. The summed E-state index contributed by atoms with van der Waals surface area (Å²) in [6.07, 6.45) is -0.949. The summed E-state index contributed by atoms with van der Waals surface area (Å²) >= 11 is 0. The quantitative estimate of drug-likeness (QED) is 0.657. The fraction of sp³-hybridized carbons (Fsp3) is 0.591. The van der Waals surface area contributed by atoms with Gasteiger partial charge < -0.3 is 24.0 Å². The predicted molar refractivity (Wildman–Crippen MR) is 110 cm³/mol. The van der Waals surface area contributed by atoms with Gasteiger partial charge in [-0.2, -0.15) is 0 Å². The molecule has 2 saturated heterocycles. The number of esters is 1. The molecule has 2 heterocycles. The molecule has 1 aromatic carbocycles. The Labute approximate surface area is 177 Å². The van der Waals surface area contributed by atoms with Gasteiger partial charge in [0.25, 0.3) is 5.91 Å². The minimum atomic E-state index is -0.898. The summed E-state index contributed by atoms with van der Waals surface area (Å²) in [5.41, 5.74) is 0.708. The average Bonchev–Trinajstić information content (AvgIpc) is 3.09. The SMILES string of the molecule is CCOc1ccc(N2C[C@@H](C(=O)O[C@@H](C)C(=O)N3C[C@@H](C)O[C@@H](C)C3)CC2=O)cc1. The van der Waals surface area contributed by atoms with Crippen LogP contribution in [0.3, 0.4) is 0 Å². The molecule has 2 aliphatic rings. The molecule has 0 N–H and O–H groups in total. The van der Waals surface area contributed by atoms with Crippen LogP contribution in [0, 0.1) is 5.92 Å². The third-order valence-corrected chi connectivity index (χ3v) is 5.29. The Morgan fingerprint density at radius 3 is 2.37 bits per heavy atom. The summed E-state index contributed by atoms with van der Waals surface area (Å²) in [6.45, 7) is 9.04. The van der Waals surface area contributed by atoms with Crippen molar-refractivity contribution in [3.8, 4) is 5.75 Å². The van der Waals surface area contributed by atoms with E-state index in [9.17, 15) is 14.4 Å². The third kappa shape index (κ3) is 5.11. The highest BCUT2D eigenvalue weighted by Gasteiger charge is 2.38. The molecule has 0 aliphatic carbocycles. The predicted octanol–water partition coefficient (Wildman–Crippen LogP) is 2.01. The third-order valence-electron chi connectivity index (χ3n) is 5.29. The van der Waals surface area contributed by atoms with Crippen molar-refractivity contribution in [1.82, 2.24) is 4.90 Å². The van der Waals surface area contributed by atoms with Gasteiger partial charge in [-0.1, -0.05) is 0 Å². The van der Waals surface area contributed by atoms with Crippen LogP contribution < -0.4 is 9.64 Å². The van der Waals surface area contributed by atoms with Crippen molar-refractivity contribution in [2.24, 2.45) is 5.92 Å². The van der Waals surface area contributed by atoms with Crippen LogP contribution in [0.15, 0.2) is 24.3 Å². The molecule has 8 nitrogen and oxygen atoms in total. The van der Waals surface area contributed by atoms with E-state index in [0.29, 0.717) is 25.4 Å². The van der Waals surface area contributed by atoms with Gasteiger partial charge >= 0.3 is 5.97 Å². The smallest absolute Gasteiger partial charge is 0.312 e. The maximum Gasteiger partial charge on any atom is 0.312 e. The topological polar surface area (TPSA) is 85.4 Å². The number of carbonyl (C=O) groups excluding carboxylic acids is 3. The summed E-state index contributed by atoms with van der Waals surface area (Å²) in [5, 5.41) is 0. The first-order valence-electron chi connectivity index (χ1n) is 10.5. The van der Waals surface area contributed by atoms with E-state index >= 15 is 0 Å². The summed E-state index contributed by atoms with van der Waals surface area (Å²) in [7, 11) is 0. The van der Waals surface area contributed by atoms with Crippen LogP contribution in [0.4, 0.5) is 5.69 Å². The van der Waals surface area contributed by atoms with Crippen molar-refractivity contribution in [2.45, 2.75) is 52.4 Å². The number of benzene rings is 1. The van der Waals surface area contributed by atoms with Crippen LogP contribution >= 0.6 is 0 Å². The van der Waals surface area contributed by atoms with E-state index in [1.807, 2.05) is 20.8 Å². The van der Waals surface area contributed by atoms with Gasteiger partial charge in [0.05, 0.1) is 24.7 Å². The second kappa shape index (κ2) is 9.47. The first-order chi connectivity index (χ1) is 14.3. The molecule has 0 aromatic heterocycles. The maximum atomic E-state index is 12.7. The van der Waals surface area contributed by atoms with E-state index in [4.69, 9.17) is 14.2 Å². The molecule has 2 amide bonds. The average molecular weight is 418 g/mol. The van der Waals surface area contributed by atoms with Crippen molar-refractivity contribution in [2.75, 3.05) is 31.1 Å². The van der Waals surface area contributed by atoms with Crippen LogP contribution in [0.5, 0.6) is 5.75 Å². The molecule has 0 bridgehead atoms. The van der Waals surface area contributed by atoms with Crippen molar-refractivity contribution in [3.63, 3.8) is 0 Å². The first kappa shape index (κ1) is 22.1. The standard InChI is InChI=1S/C22H30N2O6/c1-5-28-19-8-6-18(7-9-19)24-13-17(10-20(24)25)22(27)30-16(4)21(26)23-11-14(2)29-15(3)12-23/h6-9,14-17H,5,10-13H2,1-4H3/t14-,15+,16-,17-/m0/s1. The zero-order valence-electron chi connectivity index (χ0n) is 18.0. The monoisotopic (exact) mass is 418 g/mol. The molecule has 4 atom stereocenters. The van der Waals surface area contributed by atoms with Crippen molar-refractivity contribution in [3.05, 3.63) is 24.3 Å². The molecule has 164 valence electrons. The van der Waals surface area contributed by atoms with Gasteiger partial charge in [-0.3, -0.25) is 14.4 Å². The number of morpholine rings is 1. The molecule has 2 aliphatic heterocycles. The van der Waals surface area contributed by atoms with E-state index in [1.165, 1.54) is 0 Å². The van der Waals surface area contributed by atoms with Gasteiger partial charge in [-0.25, -0.2) is 0 Å².